The number of nitrogens with one attached hydrogen (secondary N) is 1. The highest BCUT2D eigenvalue weighted by Gasteiger charge is 2.14. The van der Waals surface area contributed by atoms with Crippen molar-refractivity contribution in [3.63, 3.8) is 0 Å². The van der Waals surface area contributed by atoms with E-state index in [0.29, 0.717) is 5.92 Å². The summed E-state index contributed by atoms with van der Waals surface area (Å²) in [6.45, 7) is 4.54. The molecular weight excluding hydrogens is 246 g/mol. The van der Waals surface area contributed by atoms with Crippen molar-refractivity contribution in [1.82, 2.24) is 15.2 Å². The predicted octanol–water partition coefficient (Wildman–Crippen LogP) is 5.61. The number of H-pyrrole nitrogens is 1. The lowest BCUT2D eigenvalue weighted by Gasteiger charge is -2.13. The van der Waals surface area contributed by atoms with E-state index in [4.69, 9.17) is 0 Å². The normalized spacial score (nSPS) is 11.3. The molecule has 0 radical (unpaired) electrons. The first-order valence-corrected chi connectivity index (χ1v) is 8.74. The van der Waals surface area contributed by atoms with Crippen molar-refractivity contribution in [3.05, 3.63) is 12.2 Å². The zero-order valence-electron chi connectivity index (χ0n) is 13.5. The monoisotopic (exact) mass is 279 g/mol. The number of rotatable bonds is 13. The molecule has 0 saturated heterocycles. The summed E-state index contributed by atoms with van der Waals surface area (Å²) in [7, 11) is 0. The average molecular weight is 279 g/mol. The second kappa shape index (κ2) is 11.9. The minimum atomic E-state index is 0.574. The zero-order valence-corrected chi connectivity index (χ0v) is 13.5. The molecule has 0 aromatic carbocycles. The third kappa shape index (κ3) is 7.66. The molecule has 3 nitrogen and oxygen atoms in total. The largest absolute Gasteiger partial charge is 0.266 e. The molecule has 1 aromatic heterocycles. The van der Waals surface area contributed by atoms with Crippen molar-refractivity contribution in [3.8, 4) is 0 Å². The SMILES string of the molecule is CCCCCCCC(CCCCCCC)c1nc[nH]n1. The van der Waals surface area contributed by atoms with Gasteiger partial charge in [-0.05, 0) is 12.8 Å². The van der Waals surface area contributed by atoms with Crippen LogP contribution >= 0.6 is 0 Å². The van der Waals surface area contributed by atoms with Gasteiger partial charge in [0.05, 0.1) is 0 Å². The molecule has 0 aliphatic rings. The Morgan fingerprint density at radius 2 is 1.40 bits per heavy atom. The van der Waals surface area contributed by atoms with Crippen molar-refractivity contribution in [1.29, 1.82) is 0 Å². The van der Waals surface area contributed by atoms with Gasteiger partial charge in [0.2, 0.25) is 0 Å². The van der Waals surface area contributed by atoms with Gasteiger partial charge in [0.25, 0.3) is 0 Å². The fourth-order valence-corrected chi connectivity index (χ4v) is 2.81. The lowest BCUT2D eigenvalue weighted by Crippen LogP contribution is -2.02. The molecule has 0 aliphatic heterocycles. The molecule has 116 valence electrons. The van der Waals surface area contributed by atoms with E-state index in [1.165, 1.54) is 77.0 Å². The lowest BCUT2D eigenvalue weighted by atomic mass is 9.93. The van der Waals surface area contributed by atoms with E-state index in [1.807, 2.05) is 0 Å². The quantitative estimate of drug-likeness (QED) is 0.477. The fraction of sp³-hybridized carbons (Fsp3) is 0.882. The number of aromatic amines is 1. The molecule has 20 heavy (non-hydrogen) atoms. The third-order valence-electron chi connectivity index (χ3n) is 4.11. The zero-order chi connectivity index (χ0) is 14.5. The van der Waals surface area contributed by atoms with Crippen LogP contribution in [0.1, 0.15) is 103 Å². The molecule has 0 unspecified atom stereocenters. The van der Waals surface area contributed by atoms with Gasteiger partial charge in [-0.3, -0.25) is 5.10 Å². The van der Waals surface area contributed by atoms with Gasteiger partial charge >= 0.3 is 0 Å². The Labute approximate surface area is 125 Å². The Bertz CT molecular complexity index is 281. The summed E-state index contributed by atoms with van der Waals surface area (Å²) in [6, 6.07) is 0. The highest BCUT2D eigenvalue weighted by molar-refractivity contribution is 4.92. The first-order valence-electron chi connectivity index (χ1n) is 8.74. The Morgan fingerprint density at radius 1 is 0.850 bits per heavy atom. The summed E-state index contributed by atoms with van der Waals surface area (Å²) >= 11 is 0. The van der Waals surface area contributed by atoms with E-state index in [9.17, 15) is 0 Å². The lowest BCUT2D eigenvalue weighted by molar-refractivity contribution is 0.476. The van der Waals surface area contributed by atoms with E-state index < -0.39 is 0 Å². The Balaban J connectivity index is 2.22. The molecule has 1 aromatic rings. The second-order valence-corrected chi connectivity index (χ2v) is 5.96. The summed E-state index contributed by atoms with van der Waals surface area (Å²) in [6.07, 6.45) is 17.8. The van der Waals surface area contributed by atoms with Crippen molar-refractivity contribution in [2.45, 2.75) is 96.8 Å². The summed E-state index contributed by atoms with van der Waals surface area (Å²) in [5, 5.41) is 7.18. The number of hydrogen-bond donors (Lipinski definition) is 1. The molecule has 1 rings (SSSR count). The average Bonchev–Trinajstić information content (AvgIpc) is 2.98. The van der Waals surface area contributed by atoms with Gasteiger partial charge in [-0.2, -0.15) is 5.10 Å². The van der Waals surface area contributed by atoms with Gasteiger partial charge in [0, 0.05) is 5.92 Å². The molecule has 3 heteroatoms. The molecule has 0 amide bonds. The number of aromatic nitrogens is 3. The van der Waals surface area contributed by atoms with E-state index in [0.717, 1.165) is 5.82 Å². The van der Waals surface area contributed by atoms with E-state index in [1.54, 1.807) is 6.33 Å². The molecule has 0 atom stereocenters. The van der Waals surface area contributed by atoms with Crippen LogP contribution in [0.2, 0.25) is 0 Å². The Hall–Kier alpha value is -0.860. The molecule has 0 fully saturated rings. The van der Waals surface area contributed by atoms with Gasteiger partial charge < -0.3 is 0 Å². The highest BCUT2D eigenvalue weighted by atomic mass is 15.2. The van der Waals surface area contributed by atoms with Gasteiger partial charge in [0.1, 0.15) is 6.33 Å². The highest BCUT2D eigenvalue weighted by Crippen LogP contribution is 2.25. The minimum absolute atomic E-state index is 0.574. The molecule has 1 N–H and O–H groups in total. The van der Waals surface area contributed by atoms with Gasteiger partial charge in [0.15, 0.2) is 5.82 Å². The van der Waals surface area contributed by atoms with Crippen LogP contribution in [0.5, 0.6) is 0 Å². The standard InChI is InChI=1S/C17H33N3/c1-3-5-7-9-11-13-16(17-18-15-19-20-17)14-12-10-8-6-4-2/h15-16H,3-14H2,1-2H3,(H,18,19,20). The van der Waals surface area contributed by atoms with E-state index in [2.05, 4.69) is 29.0 Å². The molecule has 1 heterocycles. The molecular formula is C17H33N3. The third-order valence-corrected chi connectivity index (χ3v) is 4.11. The van der Waals surface area contributed by atoms with E-state index in [-0.39, 0.29) is 0 Å². The van der Waals surface area contributed by atoms with Gasteiger partial charge in [-0.15, -0.1) is 0 Å². The van der Waals surface area contributed by atoms with Crippen LogP contribution < -0.4 is 0 Å². The topological polar surface area (TPSA) is 41.6 Å². The first kappa shape index (κ1) is 17.2. The number of nitrogens with zero attached hydrogens (tertiary/aromatic N) is 2. The summed E-state index contributed by atoms with van der Waals surface area (Å²) < 4.78 is 0. The predicted molar refractivity (Wildman–Crippen MR) is 85.9 cm³/mol. The van der Waals surface area contributed by atoms with E-state index >= 15 is 0 Å². The maximum atomic E-state index is 4.38. The van der Waals surface area contributed by atoms with Crippen LogP contribution in [0.25, 0.3) is 0 Å². The Morgan fingerprint density at radius 3 is 1.85 bits per heavy atom. The number of hydrogen-bond acceptors (Lipinski definition) is 2. The number of unbranched alkanes of at least 4 members (excludes halogenated alkanes) is 8. The van der Waals surface area contributed by atoms with Crippen molar-refractivity contribution < 1.29 is 0 Å². The van der Waals surface area contributed by atoms with Crippen molar-refractivity contribution >= 4 is 0 Å². The summed E-state index contributed by atoms with van der Waals surface area (Å²) in [5.41, 5.74) is 0. The van der Waals surface area contributed by atoms with Crippen LogP contribution in [0.15, 0.2) is 6.33 Å². The van der Waals surface area contributed by atoms with Gasteiger partial charge in [-0.1, -0.05) is 78.1 Å². The maximum Gasteiger partial charge on any atom is 0.153 e. The van der Waals surface area contributed by atoms with Crippen LogP contribution in [0, 0.1) is 0 Å². The van der Waals surface area contributed by atoms with Gasteiger partial charge in [-0.25, -0.2) is 4.98 Å². The fourth-order valence-electron chi connectivity index (χ4n) is 2.81. The minimum Gasteiger partial charge on any atom is -0.266 e. The smallest absolute Gasteiger partial charge is 0.153 e. The summed E-state index contributed by atoms with van der Waals surface area (Å²) in [4.78, 5) is 4.38. The Kier molecular flexibility index (Phi) is 10.3. The molecule has 0 saturated carbocycles. The van der Waals surface area contributed by atoms with Crippen LogP contribution in [0.3, 0.4) is 0 Å². The molecule has 0 aliphatic carbocycles. The molecule has 0 spiro atoms. The summed E-state index contributed by atoms with van der Waals surface area (Å²) in [5.74, 6) is 1.61. The first-order chi connectivity index (χ1) is 9.88. The van der Waals surface area contributed by atoms with Crippen molar-refractivity contribution in [2.24, 2.45) is 0 Å². The second-order valence-electron chi connectivity index (χ2n) is 5.96. The maximum absolute atomic E-state index is 4.38. The van der Waals surface area contributed by atoms with Crippen LogP contribution in [-0.4, -0.2) is 15.2 Å². The molecule has 0 bridgehead atoms. The van der Waals surface area contributed by atoms with Crippen LogP contribution in [-0.2, 0) is 0 Å². The van der Waals surface area contributed by atoms with Crippen LogP contribution in [0.4, 0.5) is 0 Å². The van der Waals surface area contributed by atoms with Crippen molar-refractivity contribution in [2.75, 3.05) is 0 Å².